The number of carbonyl (C=O) groups excluding carboxylic acids is 2. The molecule has 0 aromatic heterocycles. The zero-order valence-electron chi connectivity index (χ0n) is 16.9. The van der Waals surface area contributed by atoms with E-state index in [1.807, 2.05) is 0 Å². The van der Waals surface area contributed by atoms with Crippen LogP contribution in [0, 0.1) is 5.41 Å². The van der Waals surface area contributed by atoms with Gasteiger partial charge in [0.05, 0.1) is 0 Å². The average molecular weight is 400 g/mol. The zero-order valence-corrected chi connectivity index (χ0v) is 16.9. The number of rotatable bonds is 17. The Morgan fingerprint density at radius 1 is 1.04 bits per heavy atom. The van der Waals surface area contributed by atoms with E-state index in [1.54, 1.807) is 6.08 Å². The van der Waals surface area contributed by atoms with Crippen molar-refractivity contribution in [2.75, 3.05) is 39.8 Å². The highest BCUT2D eigenvalue weighted by Gasteiger charge is 2.18. The van der Waals surface area contributed by atoms with Crippen molar-refractivity contribution in [3.05, 3.63) is 12.2 Å². The Labute approximate surface area is 167 Å². The number of guanidine groups is 1. The summed E-state index contributed by atoms with van der Waals surface area (Å²) >= 11 is 0. The lowest BCUT2D eigenvalue weighted by Gasteiger charge is -2.15. The zero-order chi connectivity index (χ0) is 21.0. The Hall–Kier alpha value is -2.17. The van der Waals surface area contributed by atoms with Crippen LogP contribution in [0.1, 0.15) is 38.5 Å². The van der Waals surface area contributed by atoms with Crippen LogP contribution in [0.25, 0.3) is 0 Å². The summed E-state index contributed by atoms with van der Waals surface area (Å²) in [5, 5.41) is 18.3. The number of ether oxygens (including phenoxy) is 1. The summed E-state index contributed by atoms with van der Waals surface area (Å²) in [5.41, 5.74) is 10.6. The van der Waals surface area contributed by atoms with Gasteiger partial charge in [-0.3, -0.25) is 15.0 Å². The second-order valence-electron chi connectivity index (χ2n) is 6.25. The Bertz CT molecular complexity index is 472. The van der Waals surface area contributed by atoms with Crippen molar-refractivity contribution >= 4 is 17.8 Å². The highest BCUT2D eigenvalue weighted by atomic mass is 16.5. The molecule has 162 valence electrons. The molecule has 0 radical (unpaired) electrons. The maximum atomic E-state index is 12.0. The molecule has 1 unspecified atom stereocenters. The van der Waals surface area contributed by atoms with E-state index in [1.165, 1.54) is 13.2 Å². The van der Waals surface area contributed by atoms with Crippen molar-refractivity contribution in [1.82, 2.24) is 21.3 Å². The van der Waals surface area contributed by atoms with Crippen molar-refractivity contribution < 1.29 is 14.3 Å². The maximum Gasteiger partial charge on any atom is 0.270 e. The quantitative estimate of drug-likeness (QED) is 0.0548. The molecule has 0 heterocycles. The first kappa shape index (κ1) is 25.8. The summed E-state index contributed by atoms with van der Waals surface area (Å²) in [6.45, 7) is 3.63. The second kappa shape index (κ2) is 18.2. The third-order valence-corrected chi connectivity index (χ3v) is 3.77. The number of methoxy groups -OCH3 is 1. The number of nitrogens with two attached hydrogens (primary N) is 2. The SMILES string of the molecule is COC(NC(=O)C=CCCCCNC(=N)N)C(=O)NCCCCNCCCN. The first-order chi connectivity index (χ1) is 13.5. The molecule has 0 aromatic carbocycles. The molecular weight excluding hydrogens is 362 g/mol. The van der Waals surface area contributed by atoms with Crippen molar-refractivity contribution in [3.8, 4) is 0 Å². The van der Waals surface area contributed by atoms with E-state index in [0.717, 1.165) is 51.6 Å². The lowest BCUT2D eigenvalue weighted by Crippen LogP contribution is -2.47. The minimum atomic E-state index is -1.01. The van der Waals surface area contributed by atoms with Gasteiger partial charge < -0.3 is 37.5 Å². The summed E-state index contributed by atoms with van der Waals surface area (Å²) in [6, 6.07) is 0. The lowest BCUT2D eigenvalue weighted by molar-refractivity contribution is -0.137. The van der Waals surface area contributed by atoms with Crippen LogP contribution in [-0.4, -0.2) is 63.8 Å². The smallest absolute Gasteiger partial charge is 0.270 e. The van der Waals surface area contributed by atoms with E-state index in [2.05, 4.69) is 21.3 Å². The third kappa shape index (κ3) is 16.0. The van der Waals surface area contributed by atoms with Crippen LogP contribution in [0.3, 0.4) is 0 Å². The summed E-state index contributed by atoms with van der Waals surface area (Å²) < 4.78 is 5.04. The van der Waals surface area contributed by atoms with E-state index in [4.69, 9.17) is 21.6 Å². The largest absolute Gasteiger partial charge is 0.370 e. The minimum Gasteiger partial charge on any atom is -0.370 e. The van der Waals surface area contributed by atoms with Gasteiger partial charge in [0.1, 0.15) is 0 Å². The normalized spacial score (nSPS) is 11.9. The van der Waals surface area contributed by atoms with Crippen molar-refractivity contribution in [2.45, 2.75) is 44.8 Å². The molecule has 0 aromatic rings. The fraction of sp³-hybridized carbons (Fsp3) is 0.722. The van der Waals surface area contributed by atoms with Gasteiger partial charge in [-0.25, -0.2) is 0 Å². The number of hydrogen-bond donors (Lipinski definition) is 7. The van der Waals surface area contributed by atoms with Gasteiger partial charge in [-0.15, -0.1) is 0 Å². The van der Waals surface area contributed by atoms with Gasteiger partial charge in [0.15, 0.2) is 5.96 Å². The summed E-state index contributed by atoms with van der Waals surface area (Å²) in [5.74, 6) is -0.790. The minimum absolute atomic E-state index is 0.0435. The van der Waals surface area contributed by atoms with Crippen LogP contribution in [0.15, 0.2) is 12.2 Å². The van der Waals surface area contributed by atoms with Gasteiger partial charge in [-0.05, 0) is 64.2 Å². The molecule has 9 N–H and O–H groups in total. The number of unbranched alkanes of at least 4 members (excludes halogenated alkanes) is 3. The Morgan fingerprint density at radius 2 is 1.68 bits per heavy atom. The average Bonchev–Trinajstić information content (AvgIpc) is 2.66. The van der Waals surface area contributed by atoms with E-state index in [0.29, 0.717) is 19.6 Å². The predicted molar refractivity (Wildman–Crippen MR) is 111 cm³/mol. The molecule has 0 fully saturated rings. The monoisotopic (exact) mass is 399 g/mol. The summed E-state index contributed by atoms with van der Waals surface area (Å²) in [7, 11) is 1.37. The van der Waals surface area contributed by atoms with Gasteiger partial charge in [-0.2, -0.15) is 0 Å². The molecule has 0 aliphatic heterocycles. The van der Waals surface area contributed by atoms with E-state index >= 15 is 0 Å². The lowest BCUT2D eigenvalue weighted by atomic mass is 10.2. The van der Waals surface area contributed by atoms with E-state index < -0.39 is 6.23 Å². The Balaban J connectivity index is 3.85. The van der Waals surface area contributed by atoms with Crippen LogP contribution < -0.4 is 32.7 Å². The summed E-state index contributed by atoms with van der Waals surface area (Å²) in [6.07, 6.45) is 7.28. The van der Waals surface area contributed by atoms with Gasteiger partial charge in [0, 0.05) is 20.2 Å². The van der Waals surface area contributed by atoms with Gasteiger partial charge in [0.25, 0.3) is 5.91 Å². The molecule has 1 atom stereocenters. The number of carbonyl (C=O) groups is 2. The topological polar surface area (TPSA) is 167 Å². The maximum absolute atomic E-state index is 12.0. The first-order valence-electron chi connectivity index (χ1n) is 9.77. The number of allylic oxidation sites excluding steroid dienone is 1. The Morgan fingerprint density at radius 3 is 2.36 bits per heavy atom. The second-order valence-corrected chi connectivity index (χ2v) is 6.25. The molecule has 10 heteroatoms. The van der Waals surface area contributed by atoms with Crippen LogP contribution in [-0.2, 0) is 14.3 Å². The molecule has 0 rings (SSSR count). The van der Waals surface area contributed by atoms with E-state index in [-0.39, 0.29) is 17.8 Å². The van der Waals surface area contributed by atoms with Gasteiger partial charge in [-0.1, -0.05) is 6.08 Å². The molecule has 0 spiro atoms. The molecular formula is C18H37N7O3. The third-order valence-electron chi connectivity index (χ3n) is 3.77. The molecule has 10 nitrogen and oxygen atoms in total. The number of nitrogens with one attached hydrogen (secondary N) is 5. The standard InChI is InChI=1S/C18H37N7O3/c1-28-17(16(27)23-13-7-6-11-22-12-8-10-19)25-15(26)9-4-2-3-5-14-24-18(20)21/h4,9,17,22H,2-3,5-8,10-14,19H2,1H3,(H,23,27)(H,25,26)(H4,20,21,24). The predicted octanol–water partition coefficient (Wildman–Crippen LogP) is -0.881. The van der Waals surface area contributed by atoms with Crippen LogP contribution in [0.5, 0.6) is 0 Å². The molecule has 0 aliphatic carbocycles. The number of amides is 2. The highest BCUT2D eigenvalue weighted by Crippen LogP contribution is 1.96. The molecule has 28 heavy (non-hydrogen) atoms. The molecule has 0 bridgehead atoms. The van der Waals surface area contributed by atoms with Gasteiger partial charge >= 0.3 is 0 Å². The van der Waals surface area contributed by atoms with Crippen LogP contribution in [0.2, 0.25) is 0 Å². The Kier molecular flexibility index (Phi) is 16.8. The highest BCUT2D eigenvalue weighted by molar-refractivity contribution is 5.92. The van der Waals surface area contributed by atoms with Crippen molar-refractivity contribution in [3.63, 3.8) is 0 Å². The first-order valence-corrected chi connectivity index (χ1v) is 9.77. The van der Waals surface area contributed by atoms with Crippen LogP contribution >= 0.6 is 0 Å². The fourth-order valence-corrected chi connectivity index (χ4v) is 2.24. The molecule has 0 aliphatic rings. The van der Waals surface area contributed by atoms with Crippen molar-refractivity contribution in [2.24, 2.45) is 11.5 Å². The van der Waals surface area contributed by atoms with Crippen LogP contribution in [0.4, 0.5) is 0 Å². The molecule has 2 amide bonds. The fourth-order valence-electron chi connectivity index (χ4n) is 2.24. The summed E-state index contributed by atoms with van der Waals surface area (Å²) in [4.78, 5) is 23.9. The molecule has 0 saturated heterocycles. The van der Waals surface area contributed by atoms with Crippen molar-refractivity contribution in [1.29, 1.82) is 5.41 Å². The van der Waals surface area contributed by atoms with E-state index in [9.17, 15) is 9.59 Å². The van der Waals surface area contributed by atoms with Gasteiger partial charge in [0.2, 0.25) is 12.1 Å². The number of hydrogen-bond acceptors (Lipinski definition) is 6. The molecule has 0 saturated carbocycles.